The summed E-state index contributed by atoms with van der Waals surface area (Å²) in [4.78, 5) is 19.2. The van der Waals surface area contributed by atoms with Crippen molar-refractivity contribution in [2.45, 2.75) is 18.8 Å². The van der Waals surface area contributed by atoms with E-state index in [0.717, 1.165) is 0 Å². The molecule has 34 heavy (non-hydrogen) atoms. The van der Waals surface area contributed by atoms with E-state index in [1.165, 1.54) is 12.1 Å². The zero-order valence-electron chi connectivity index (χ0n) is 18.4. The molecule has 1 saturated heterocycles. The number of rotatable bonds is 5. The van der Waals surface area contributed by atoms with Gasteiger partial charge in [-0.15, -0.1) is 0 Å². The van der Waals surface area contributed by atoms with Crippen LogP contribution in [-0.2, 0) is 0 Å². The van der Waals surface area contributed by atoms with Gasteiger partial charge in [-0.2, -0.15) is 4.98 Å². The smallest absolute Gasteiger partial charge is 0.321 e. The van der Waals surface area contributed by atoms with Crippen molar-refractivity contribution < 1.29 is 18.4 Å². The fourth-order valence-corrected chi connectivity index (χ4v) is 3.92. The van der Waals surface area contributed by atoms with Crippen LogP contribution in [0.2, 0.25) is 0 Å². The van der Waals surface area contributed by atoms with Gasteiger partial charge in [0.15, 0.2) is 5.75 Å². The molecule has 3 aromatic carbocycles. The number of amides is 2. The Balaban J connectivity index is 1.19. The molecular formula is C26H23FN4O3. The highest BCUT2D eigenvalue weighted by Crippen LogP contribution is 2.31. The molecule has 4 aromatic rings. The van der Waals surface area contributed by atoms with Crippen LogP contribution in [0.5, 0.6) is 11.5 Å². The van der Waals surface area contributed by atoms with Crippen LogP contribution in [0.1, 0.15) is 24.7 Å². The van der Waals surface area contributed by atoms with Crippen LogP contribution < -0.4 is 10.1 Å². The molecule has 0 atom stereocenters. The lowest BCUT2D eigenvalue weighted by Gasteiger charge is -2.30. The number of benzene rings is 3. The molecule has 2 heterocycles. The molecule has 0 aliphatic carbocycles. The zero-order valence-corrected chi connectivity index (χ0v) is 18.4. The fraction of sp³-hybridized carbons (Fsp3) is 0.192. The summed E-state index contributed by atoms with van der Waals surface area (Å²) in [6.45, 7) is 1.12. The molecule has 1 aliphatic heterocycles. The highest BCUT2D eigenvalue weighted by atomic mass is 19.1. The topological polar surface area (TPSA) is 80.5 Å². The number of para-hydroxylation sites is 3. The van der Waals surface area contributed by atoms with Gasteiger partial charge in [0, 0.05) is 24.6 Å². The van der Waals surface area contributed by atoms with E-state index in [9.17, 15) is 9.18 Å². The first-order valence-electron chi connectivity index (χ1n) is 11.1. The third-order valence-corrected chi connectivity index (χ3v) is 5.78. The number of hydrogen-bond donors (Lipinski definition) is 1. The van der Waals surface area contributed by atoms with Gasteiger partial charge in [-0.3, -0.25) is 0 Å². The second-order valence-corrected chi connectivity index (χ2v) is 8.07. The summed E-state index contributed by atoms with van der Waals surface area (Å²) in [5.74, 6) is 2.01. The minimum Gasteiger partial charge on any atom is -0.455 e. The first kappa shape index (κ1) is 21.6. The van der Waals surface area contributed by atoms with E-state index in [1.54, 1.807) is 17.0 Å². The second-order valence-electron chi connectivity index (χ2n) is 8.07. The maximum Gasteiger partial charge on any atom is 0.321 e. The predicted molar refractivity (Wildman–Crippen MR) is 125 cm³/mol. The van der Waals surface area contributed by atoms with E-state index in [-0.39, 0.29) is 17.8 Å². The van der Waals surface area contributed by atoms with E-state index in [0.29, 0.717) is 60.4 Å². The molecule has 0 unspecified atom stereocenters. The summed E-state index contributed by atoms with van der Waals surface area (Å²) < 4.78 is 24.5. The van der Waals surface area contributed by atoms with Crippen LogP contribution in [0, 0.1) is 5.82 Å². The molecule has 8 heteroatoms. The number of piperidine rings is 1. The Labute approximate surface area is 196 Å². The number of nitrogens with zero attached hydrogens (tertiary/aromatic N) is 3. The Morgan fingerprint density at radius 3 is 2.44 bits per heavy atom. The summed E-state index contributed by atoms with van der Waals surface area (Å²) in [6.07, 6.45) is 1.42. The van der Waals surface area contributed by atoms with Crippen LogP contribution in [0.25, 0.3) is 11.4 Å². The van der Waals surface area contributed by atoms with Crippen molar-refractivity contribution >= 4 is 11.7 Å². The third-order valence-electron chi connectivity index (χ3n) is 5.78. The lowest BCUT2D eigenvalue weighted by atomic mass is 9.97. The fourth-order valence-electron chi connectivity index (χ4n) is 3.92. The highest BCUT2D eigenvalue weighted by molar-refractivity contribution is 5.91. The Kier molecular flexibility index (Phi) is 6.20. The Hall–Kier alpha value is -4.20. The minimum atomic E-state index is -0.313. The first-order valence-corrected chi connectivity index (χ1v) is 11.1. The maximum atomic E-state index is 13.1. The quantitative estimate of drug-likeness (QED) is 0.392. The number of carbonyl (C=O) groups is 1. The molecule has 1 N–H and O–H groups in total. The van der Waals surface area contributed by atoms with E-state index in [4.69, 9.17) is 9.26 Å². The first-order chi connectivity index (χ1) is 16.7. The Morgan fingerprint density at radius 2 is 1.68 bits per heavy atom. The molecule has 1 aliphatic rings. The van der Waals surface area contributed by atoms with E-state index in [2.05, 4.69) is 15.5 Å². The number of carbonyl (C=O) groups excluding carboxylic acids is 1. The van der Waals surface area contributed by atoms with Gasteiger partial charge in [0.1, 0.15) is 11.6 Å². The average molecular weight is 458 g/mol. The van der Waals surface area contributed by atoms with Crippen molar-refractivity contribution in [3.63, 3.8) is 0 Å². The second kappa shape index (κ2) is 9.74. The van der Waals surface area contributed by atoms with Gasteiger partial charge < -0.3 is 19.5 Å². The molecule has 7 nitrogen and oxygen atoms in total. The molecule has 1 aromatic heterocycles. The van der Waals surface area contributed by atoms with Gasteiger partial charge in [0.2, 0.25) is 11.7 Å². The molecule has 2 amide bonds. The number of ether oxygens (including phenoxy) is 1. The SMILES string of the molecule is O=C(Nc1ccccc1Oc1ccccc1)N1CCC(c2nc(-c3ccc(F)cc3)no2)CC1. The summed E-state index contributed by atoms with van der Waals surface area (Å²) in [6, 6.07) is 22.6. The molecule has 1 fully saturated rings. The van der Waals surface area contributed by atoms with Gasteiger partial charge in [-0.05, 0) is 61.4 Å². The minimum absolute atomic E-state index is 0.0689. The predicted octanol–water partition coefficient (Wildman–Crippen LogP) is 6.08. The van der Waals surface area contributed by atoms with E-state index < -0.39 is 0 Å². The lowest BCUT2D eigenvalue weighted by Crippen LogP contribution is -2.40. The number of hydrogen-bond acceptors (Lipinski definition) is 5. The number of likely N-dealkylation sites (tertiary alicyclic amines) is 1. The number of anilines is 1. The number of halogens is 1. The molecule has 0 radical (unpaired) electrons. The van der Waals surface area contributed by atoms with Gasteiger partial charge in [0.05, 0.1) is 5.69 Å². The summed E-state index contributed by atoms with van der Waals surface area (Å²) in [5.41, 5.74) is 1.31. The summed E-state index contributed by atoms with van der Waals surface area (Å²) in [7, 11) is 0. The number of nitrogens with one attached hydrogen (secondary N) is 1. The van der Waals surface area contributed by atoms with Crippen LogP contribution in [0.3, 0.4) is 0 Å². The Bertz CT molecular complexity index is 1250. The van der Waals surface area contributed by atoms with Crippen LogP contribution in [-0.4, -0.2) is 34.2 Å². The molecule has 0 bridgehead atoms. The van der Waals surface area contributed by atoms with Crippen molar-refractivity contribution in [1.29, 1.82) is 0 Å². The standard InChI is InChI=1S/C26H23FN4O3/c27-20-12-10-18(11-13-20)24-29-25(34-30-24)19-14-16-31(17-15-19)26(32)28-22-8-4-5-9-23(22)33-21-6-2-1-3-7-21/h1-13,19H,14-17H2,(H,28,32). The molecule has 0 saturated carbocycles. The zero-order chi connectivity index (χ0) is 23.3. The average Bonchev–Trinajstić information content (AvgIpc) is 3.37. The van der Waals surface area contributed by atoms with E-state index in [1.807, 2.05) is 54.6 Å². The van der Waals surface area contributed by atoms with Crippen molar-refractivity contribution in [1.82, 2.24) is 15.0 Å². The maximum absolute atomic E-state index is 13.1. The number of aromatic nitrogens is 2. The Morgan fingerprint density at radius 1 is 0.971 bits per heavy atom. The third kappa shape index (κ3) is 4.91. The lowest BCUT2D eigenvalue weighted by molar-refractivity contribution is 0.187. The van der Waals surface area contributed by atoms with Gasteiger partial charge in [-0.1, -0.05) is 35.5 Å². The van der Waals surface area contributed by atoms with E-state index >= 15 is 0 Å². The summed E-state index contributed by atoms with van der Waals surface area (Å²) >= 11 is 0. The van der Waals surface area contributed by atoms with Crippen molar-refractivity contribution in [2.24, 2.45) is 0 Å². The van der Waals surface area contributed by atoms with Crippen molar-refractivity contribution in [3.8, 4) is 22.9 Å². The molecule has 5 rings (SSSR count). The normalized spacial score (nSPS) is 14.1. The van der Waals surface area contributed by atoms with Crippen LogP contribution in [0.15, 0.2) is 83.4 Å². The molecular weight excluding hydrogens is 435 g/mol. The highest BCUT2D eigenvalue weighted by Gasteiger charge is 2.28. The van der Waals surface area contributed by atoms with Crippen molar-refractivity contribution in [3.05, 3.63) is 90.6 Å². The van der Waals surface area contributed by atoms with Gasteiger partial charge >= 0.3 is 6.03 Å². The molecule has 0 spiro atoms. The van der Waals surface area contributed by atoms with Crippen LogP contribution >= 0.6 is 0 Å². The largest absolute Gasteiger partial charge is 0.455 e. The van der Waals surface area contributed by atoms with Crippen molar-refractivity contribution in [2.75, 3.05) is 18.4 Å². The monoisotopic (exact) mass is 458 g/mol. The van der Waals surface area contributed by atoms with Crippen LogP contribution in [0.4, 0.5) is 14.9 Å². The van der Waals surface area contributed by atoms with Gasteiger partial charge in [0.25, 0.3) is 0 Å². The number of urea groups is 1. The summed E-state index contributed by atoms with van der Waals surface area (Å²) in [5, 5.41) is 7.00. The molecule has 172 valence electrons. The van der Waals surface area contributed by atoms with Gasteiger partial charge in [-0.25, -0.2) is 9.18 Å².